The molecule has 0 fully saturated rings. The maximum atomic E-state index is 12.5. The minimum Gasteiger partial charge on any atom is -1.00 e. The fourth-order valence-electron chi connectivity index (χ4n) is 0.798. The van der Waals surface area contributed by atoms with Crippen molar-refractivity contribution in [2.75, 3.05) is 0 Å². The molecule has 0 atom stereocenters. The first-order valence-electron chi connectivity index (χ1n) is 4.18. The van der Waals surface area contributed by atoms with Crippen molar-refractivity contribution in [3.05, 3.63) is 30.1 Å². The van der Waals surface area contributed by atoms with Gasteiger partial charge in [0, 0.05) is 0 Å². The number of ether oxygens (including phenoxy) is 1. The van der Waals surface area contributed by atoms with Crippen LogP contribution in [-0.2, 0) is 10.0 Å². The second kappa shape index (κ2) is 6.27. The van der Waals surface area contributed by atoms with Crippen molar-refractivity contribution in [2.45, 2.75) is 5.51 Å². The topological polar surface area (TPSA) is 72.5 Å². The maximum Gasteiger partial charge on any atom is 1.00 e. The molecule has 0 aromatic heterocycles. The fourth-order valence-corrected chi connectivity index (χ4v) is 1.17. The molecule has 5 nitrogen and oxygen atoms in total. The molecular weight excluding hydrogens is 289 g/mol. The molecule has 1 amide bonds. The Kier molecular flexibility index (Phi) is 5.86. The van der Waals surface area contributed by atoms with Crippen LogP contribution < -0.4 is 28.3 Å². The van der Waals surface area contributed by atoms with Crippen LogP contribution in [0.15, 0.2) is 24.3 Å². The van der Waals surface area contributed by atoms with Crippen LogP contribution in [0.4, 0.5) is 22.4 Å². The van der Waals surface area contributed by atoms with Crippen molar-refractivity contribution in [3.8, 4) is 5.75 Å². The summed E-state index contributed by atoms with van der Waals surface area (Å²) in [6.45, 7) is 0. The fraction of sp³-hybridized carbons (Fsp3) is 0.125. The Balaban J connectivity index is 0. The Hall–Kier alpha value is -1.24. The Morgan fingerprint density at radius 3 is 2.11 bits per heavy atom. The van der Waals surface area contributed by atoms with Crippen molar-refractivity contribution in [3.63, 3.8) is 0 Å². The Bertz CT molecular complexity index is 549. The van der Waals surface area contributed by atoms with Crippen LogP contribution >= 0.6 is 0 Å². The molecule has 1 aromatic carbocycles. The van der Waals surface area contributed by atoms with E-state index in [0.717, 1.165) is 24.3 Å². The summed E-state index contributed by atoms with van der Waals surface area (Å²) in [5, 5.41) is 0. The van der Waals surface area contributed by atoms with Gasteiger partial charge in [0.05, 0.1) is 0 Å². The molecule has 19 heavy (non-hydrogen) atoms. The number of carbonyl (C=O) groups excluding carboxylic acids is 1. The van der Waals surface area contributed by atoms with E-state index in [9.17, 15) is 30.8 Å². The second-order valence-electron chi connectivity index (χ2n) is 2.89. The minimum absolute atomic E-state index is 0. The van der Waals surface area contributed by atoms with E-state index in [4.69, 9.17) is 0 Å². The first-order valence-corrected chi connectivity index (χ1v) is 5.66. The summed E-state index contributed by atoms with van der Waals surface area (Å²) >= 11 is 0. The average Bonchev–Trinajstić information content (AvgIpc) is 2.19. The molecule has 0 radical (unpaired) electrons. The standard InChI is InChI=1S/C8H5F4NO4S.Li.H/c9-5-1-3-6(4-2-5)17-7(14)13-18(15,16)8(10,11)12;;/h1-4H,(H,13,14);;/q;+1;-1. The van der Waals surface area contributed by atoms with Gasteiger partial charge in [0.25, 0.3) is 0 Å². The van der Waals surface area contributed by atoms with E-state index in [0.29, 0.717) is 4.72 Å². The largest absolute Gasteiger partial charge is 1.00 e. The molecule has 11 heteroatoms. The van der Waals surface area contributed by atoms with E-state index in [1.165, 1.54) is 0 Å². The molecule has 0 aliphatic rings. The minimum atomic E-state index is -5.82. The maximum absolute atomic E-state index is 12.5. The van der Waals surface area contributed by atoms with E-state index < -0.39 is 27.4 Å². The van der Waals surface area contributed by atoms with Crippen LogP contribution in [-0.4, -0.2) is 20.0 Å². The number of halogens is 4. The summed E-state index contributed by atoms with van der Waals surface area (Å²) in [4.78, 5) is 10.9. The number of carbonyl (C=O) groups is 1. The summed E-state index contributed by atoms with van der Waals surface area (Å²) < 4.78 is 74.0. The summed E-state index contributed by atoms with van der Waals surface area (Å²) in [5.41, 5.74) is -5.63. The number of hydrogen-bond donors (Lipinski definition) is 1. The van der Waals surface area contributed by atoms with E-state index in [1.807, 2.05) is 0 Å². The average molecular weight is 295 g/mol. The van der Waals surface area contributed by atoms with Gasteiger partial charge in [-0.15, -0.1) is 0 Å². The van der Waals surface area contributed by atoms with Crippen molar-refractivity contribution < 1.29 is 55.8 Å². The van der Waals surface area contributed by atoms with Crippen molar-refractivity contribution in [1.82, 2.24) is 4.72 Å². The molecule has 1 N–H and O–H groups in total. The third kappa shape index (κ3) is 5.10. The van der Waals surface area contributed by atoms with Crippen molar-refractivity contribution >= 4 is 16.1 Å². The van der Waals surface area contributed by atoms with Gasteiger partial charge in [-0.1, -0.05) is 0 Å². The molecule has 0 spiro atoms. The Morgan fingerprint density at radius 2 is 1.68 bits per heavy atom. The first-order chi connectivity index (χ1) is 8.12. The number of rotatable bonds is 2. The SMILES string of the molecule is O=C(NS(=O)(=O)C(F)(F)F)Oc1ccc(F)cc1.[H-].[Li+]. The molecule has 1 rings (SSSR count). The Morgan fingerprint density at radius 1 is 1.21 bits per heavy atom. The number of alkyl halides is 3. The molecule has 0 aliphatic carbocycles. The summed E-state index contributed by atoms with van der Waals surface area (Å²) in [5.74, 6) is -0.975. The van der Waals surface area contributed by atoms with Crippen molar-refractivity contribution in [1.29, 1.82) is 0 Å². The first kappa shape index (κ1) is 17.8. The Labute approximate surface area is 118 Å². The second-order valence-corrected chi connectivity index (χ2v) is 4.57. The van der Waals surface area contributed by atoms with Gasteiger partial charge in [-0.2, -0.15) is 21.6 Å². The van der Waals surface area contributed by atoms with E-state index in [1.54, 1.807) is 0 Å². The quantitative estimate of drug-likeness (QED) is 0.554. The molecule has 102 valence electrons. The zero-order valence-corrected chi connectivity index (χ0v) is 10.2. The van der Waals surface area contributed by atoms with E-state index in [-0.39, 0.29) is 26.0 Å². The van der Waals surface area contributed by atoms with Gasteiger partial charge in [-0.25, -0.2) is 13.9 Å². The molecule has 0 aliphatic heterocycles. The van der Waals surface area contributed by atoms with Crippen LogP contribution in [0.25, 0.3) is 0 Å². The summed E-state index contributed by atoms with van der Waals surface area (Å²) in [7, 11) is -5.82. The molecule has 0 heterocycles. The van der Waals surface area contributed by atoms with Gasteiger partial charge in [-0.05, 0) is 24.3 Å². The van der Waals surface area contributed by atoms with Gasteiger partial charge < -0.3 is 6.16 Å². The predicted octanol–water partition coefficient (Wildman–Crippen LogP) is -1.12. The van der Waals surface area contributed by atoms with Gasteiger partial charge in [0.2, 0.25) is 0 Å². The van der Waals surface area contributed by atoms with Crippen LogP contribution in [0.5, 0.6) is 5.75 Å². The van der Waals surface area contributed by atoms with Crippen LogP contribution in [0, 0.1) is 5.82 Å². The zero-order chi connectivity index (χ0) is 14.0. The van der Waals surface area contributed by atoms with Gasteiger partial charge in [0.15, 0.2) is 0 Å². The summed E-state index contributed by atoms with van der Waals surface area (Å²) in [6, 6.07) is 3.63. The van der Waals surface area contributed by atoms with Crippen LogP contribution in [0.3, 0.4) is 0 Å². The predicted molar refractivity (Wildman–Crippen MR) is 51.6 cm³/mol. The smallest absolute Gasteiger partial charge is 1.00 e. The molecule has 0 saturated carbocycles. The number of benzene rings is 1. The third-order valence-corrected chi connectivity index (χ3v) is 2.59. The number of nitrogens with one attached hydrogen (secondary N) is 1. The number of sulfonamides is 1. The molecule has 1 aromatic rings. The van der Waals surface area contributed by atoms with E-state index >= 15 is 0 Å². The molecule has 0 bridgehead atoms. The van der Waals surface area contributed by atoms with Crippen molar-refractivity contribution in [2.24, 2.45) is 0 Å². The summed E-state index contributed by atoms with van der Waals surface area (Å²) in [6.07, 6.45) is -1.85. The molecular formula is C8H6F4LiNO4S. The van der Waals surface area contributed by atoms with Gasteiger partial charge in [-0.3, -0.25) is 0 Å². The number of amides is 1. The molecule has 0 saturated heterocycles. The van der Waals surface area contributed by atoms with Gasteiger partial charge in [0.1, 0.15) is 11.6 Å². The zero-order valence-electron chi connectivity index (χ0n) is 10.4. The van der Waals surface area contributed by atoms with Crippen LogP contribution in [0.1, 0.15) is 1.43 Å². The van der Waals surface area contributed by atoms with Gasteiger partial charge >= 0.3 is 40.5 Å². The number of hydrogen-bond acceptors (Lipinski definition) is 4. The normalized spacial score (nSPS) is 11.4. The van der Waals surface area contributed by atoms with E-state index in [2.05, 4.69) is 4.74 Å². The monoisotopic (exact) mass is 295 g/mol. The van der Waals surface area contributed by atoms with Crippen LogP contribution in [0.2, 0.25) is 0 Å². The molecule has 0 unspecified atom stereocenters. The third-order valence-electron chi connectivity index (χ3n) is 1.55.